The van der Waals surface area contributed by atoms with Crippen LogP contribution in [0, 0.1) is 0 Å². The standard InChI is InChI=1S/C15H15F3N2O5/c16-15(17,18)4-1-5-23-9-2-3-11-12(6-9)25-19-13(11)20-7-10(8-21)24-14(20)22/h2-3,6,10,21H,1,4-5,7-8H2/t10-/m0/s1. The Morgan fingerprint density at radius 2 is 2.20 bits per heavy atom. The number of ether oxygens (including phenoxy) is 2. The number of alkyl halides is 3. The van der Waals surface area contributed by atoms with Crippen molar-refractivity contribution >= 4 is 22.9 Å². The van der Waals surface area contributed by atoms with E-state index in [9.17, 15) is 18.0 Å². The summed E-state index contributed by atoms with van der Waals surface area (Å²) in [6, 6.07) is 4.64. The Bertz CT molecular complexity index is 761. The molecule has 2 heterocycles. The van der Waals surface area contributed by atoms with Gasteiger partial charge >= 0.3 is 12.3 Å². The van der Waals surface area contributed by atoms with Gasteiger partial charge in [0.2, 0.25) is 0 Å². The zero-order valence-corrected chi connectivity index (χ0v) is 13.0. The van der Waals surface area contributed by atoms with Crippen LogP contribution >= 0.6 is 0 Å². The minimum absolute atomic E-state index is 0.0807. The number of fused-ring (bicyclic) bond motifs is 1. The first kappa shape index (κ1) is 17.3. The number of aliphatic hydroxyl groups is 1. The highest BCUT2D eigenvalue weighted by molar-refractivity contribution is 5.99. The second-order valence-electron chi connectivity index (χ2n) is 5.53. The van der Waals surface area contributed by atoms with E-state index in [2.05, 4.69) is 5.16 Å². The fraction of sp³-hybridized carbons (Fsp3) is 0.467. The van der Waals surface area contributed by atoms with Gasteiger partial charge in [-0.1, -0.05) is 5.16 Å². The van der Waals surface area contributed by atoms with Gasteiger partial charge in [0.05, 0.1) is 25.1 Å². The molecule has 1 aliphatic rings. The Morgan fingerprint density at radius 1 is 1.40 bits per heavy atom. The van der Waals surface area contributed by atoms with E-state index < -0.39 is 24.8 Å². The molecule has 1 saturated heterocycles. The van der Waals surface area contributed by atoms with Crippen LogP contribution in [-0.2, 0) is 4.74 Å². The summed E-state index contributed by atoms with van der Waals surface area (Å²) in [6.07, 6.45) is -6.53. The Hall–Kier alpha value is -2.49. The Labute approximate surface area is 139 Å². The number of rotatable bonds is 6. The second kappa shape index (κ2) is 6.79. The van der Waals surface area contributed by atoms with E-state index >= 15 is 0 Å². The molecule has 0 spiro atoms. The van der Waals surface area contributed by atoms with Gasteiger partial charge in [-0.2, -0.15) is 13.2 Å². The molecule has 3 rings (SSSR count). The Morgan fingerprint density at radius 3 is 2.88 bits per heavy atom. The van der Waals surface area contributed by atoms with Crippen LogP contribution in [0.15, 0.2) is 22.7 Å². The van der Waals surface area contributed by atoms with Crippen molar-refractivity contribution in [1.29, 1.82) is 0 Å². The molecule has 0 bridgehead atoms. The predicted octanol–water partition coefficient (Wildman–Crippen LogP) is 2.87. The third-order valence-electron chi connectivity index (χ3n) is 3.63. The molecule has 1 fully saturated rings. The first-order chi connectivity index (χ1) is 11.9. The number of cyclic esters (lactones) is 1. The summed E-state index contributed by atoms with van der Waals surface area (Å²) >= 11 is 0. The molecule has 0 saturated carbocycles. The lowest BCUT2D eigenvalue weighted by atomic mass is 10.2. The third-order valence-corrected chi connectivity index (χ3v) is 3.63. The number of nitrogens with zero attached hydrogens (tertiary/aromatic N) is 2. The second-order valence-corrected chi connectivity index (χ2v) is 5.53. The van der Waals surface area contributed by atoms with Crippen LogP contribution < -0.4 is 9.64 Å². The van der Waals surface area contributed by atoms with Crippen LogP contribution in [0.3, 0.4) is 0 Å². The fourth-order valence-corrected chi connectivity index (χ4v) is 2.44. The quantitative estimate of drug-likeness (QED) is 0.798. The summed E-state index contributed by atoms with van der Waals surface area (Å²) < 4.78 is 51.6. The van der Waals surface area contributed by atoms with Crippen molar-refractivity contribution in [1.82, 2.24) is 5.16 Å². The van der Waals surface area contributed by atoms with Crippen molar-refractivity contribution in [2.75, 3.05) is 24.7 Å². The molecule has 0 radical (unpaired) electrons. The fourth-order valence-electron chi connectivity index (χ4n) is 2.44. The first-order valence-corrected chi connectivity index (χ1v) is 7.55. The molecule has 0 unspecified atom stereocenters. The number of carbonyl (C=O) groups excluding carboxylic acids is 1. The predicted molar refractivity (Wildman–Crippen MR) is 79.5 cm³/mol. The number of aliphatic hydroxyl groups excluding tert-OH is 1. The van der Waals surface area contributed by atoms with Crippen LogP contribution in [0.2, 0.25) is 0 Å². The van der Waals surface area contributed by atoms with E-state index in [1.165, 1.54) is 11.0 Å². The third kappa shape index (κ3) is 3.95. The van der Waals surface area contributed by atoms with Gasteiger partial charge in [0.25, 0.3) is 0 Å². The maximum atomic E-state index is 12.1. The minimum Gasteiger partial charge on any atom is -0.493 e. The number of hydrogen-bond acceptors (Lipinski definition) is 6. The van der Waals surface area contributed by atoms with Crippen molar-refractivity contribution in [3.8, 4) is 5.75 Å². The van der Waals surface area contributed by atoms with Crippen molar-refractivity contribution in [2.24, 2.45) is 0 Å². The number of aromatic nitrogens is 1. The molecule has 7 nitrogen and oxygen atoms in total. The first-order valence-electron chi connectivity index (χ1n) is 7.55. The summed E-state index contributed by atoms with van der Waals surface area (Å²) in [6.45, 7) is -0.233. The molecule has 136 valence electrons. The minimum atomic E-state index is -4.20. The molecule has 10 heteroatoms. The van der Waals surface area contributed by atoms with Gasteiger partial charge in [-0.3, -0.25) is 4.90 Å². The molecule has 1 amide bonds. The average molecular weight is 360 g/mol. The van der Waals surface area contributed by atoms with E-state index in [1.807, 2.05) is 0 Å². The molecular weight excluding hydrogens is 345 g/mol. The van der Waals surface area contributed by atoms with Crippen molar-refractivity contribution in [3.05, 3.63) is 18.2 Å². The summed E-state index contributed by atoms with van der Waals surface area (Å²) in [5.41, 5.74) is 0.323. The topological polar surface area (TPSA) is 85.0 Å². The Balaban J connectivity index is 1.68. The van der Waals surface area contributed by atoms with Crippen LogP contribution in [0.1, 0.15) is 12.8 Å². The smallest absolute Gasteiger partial charge is 0.416 e. The van der Waals surface area contributed by atoms with E-state index in [0.717, 1.165) is 0 Å². The molecule has 1 N–H and O–H groups in total. The number of benzene rings is 1. The highest BCUT2D eigenvalue weighted by Gasteiger charge is 2.34. The molecular formula is C15H15F3N2O5. The number of carbonyl (C=O) groups is 1. The van der Waals surface area contributed by atoms with Gasteiger partial charge in [-0.15, -0.1) is 0 Å². The van der Waals surface area contributed by atoms with Crippen LogP contribution in [-0.4, -0.2) is 48.4 Å². The van der Waals surface area contributed by atoms with Crippen molar-refractivity contribution in [2.45, 2.75) is 25.1 Å². The molecule has 0 aliphatic carbocycles. The van der Waals surface area contributed by atoms with Gasteiger partial charge in [-0.05, 0) is 18.6 Å². The highest BCUT2D eigenvalue weighted by Crippen LogP contribution is 2.31. The number of hydrogen-bond donors (Lipinski definition) is 1. The summed E-state index contributed by atoms with van der Waals surface area (Å²) in [4.78, 5) is 13.0. The van der Waals surface area contributed by atoms with Crippen LogP contribution in [0.5, 0.6) is 5.75 Å². The monoisotopic (exact) mass is 360 g/mol. The lowest BCUT2D eigenvalue weighted by Gasteiger charge is -2.09. The van der Waals surface area contributed by atoms with Gasteiger partial charge in [-0.25, -0.2) is 4.79 Å². The number of anilines is 1. The molecule has 1 aromatic carbocycles. The molecule has 25 heavy (non-hydrogen) atoms. The zero-order valence-electron chi connectivity index (χ0n) is 13.0. The summed E-state index contributed by atoms with van der Waals surface area (Å²) in [5, 5.41) is 13.4. The van der Waals surface area contributed by atoms with Gasteiger partial charge in [0.1, 0.15) is 11.9 Å². The lowest BCUT2D eigenvalue weighted by molar-refractivity contribution is -0.136. The number of amides is 1. The van der Waals surface area contributed by atoms with Crippen molar-refractivity contribution in [3.63, 3.8) is 0 Å². The molecule has 2 aromatic rings. The molecule has 1 atom stereocenters. The zero-order chi connectivity index (χ0) is 18.0. The number of halogens is 3. The molecule has 1 aliphatic heterocycles. The molecule has 1 aromatic heterocycles. The maximum Gasteiger partial charge on any atom is 0.416 e. The van der Waals surface area contributed by atoms with E-state index in [1.54, 1.807) is 12.1 Å². The lowest BCUT2D eigenvalue weighted by Crippen LogP contribution is -2.25. The highest BCUT2D eigenvalue weighted by atomic mass is 19.4. The van der Waals surface area contributed by atoms with Crippen LogP contribution in [0.25, 0.3) is 11.0 Å². The van der Waals surface area contributed by atoms with Crippen molar-refractivity contribution < 1.29 is 37.1 Å². The van der Waals surface area contributed by atoms with E-state index in [4.69, 9.17) is 19.1 Å². The van der Waals surface area contributed by atoms with Gasteiger partial charge in [0, 0.05) is 12.5 Å². The average Bonchev–Trinajstić information content (AvgIpc) is 3.13. The van der Waals surface area contributed by atoms with Crippen LogP contribution in [0.4, 0.5) is 23.8 Å². The maximum absolute atomic E-state index is 12.1. The van der Waals surface area contributed by atoms with Gasteiger partial charge < -0.3 is 19.1 Å². The summed E-state index contributed by atoms with van der Waals surface area (Å²) in [7, 11) is 0. The summed E-state index contributed by atoms with van der Waals surface area (Å²) in [5.74, 6) is 0.592. The Kier molecular flexibility index (Phi) is 4.71. The normalized spacial score (nSPS) is 18.0. The van der Waals surface area contributed by atoms with E-state index in [0.29, 0.717) is 16.7 Å². The van der Waals surface area contributed by atoms with Gasteiger partial charge in [0.15, 0.2) is 11.4 Å². The largest absolute Gasteiger partial charge is 0.493 e. The van der Waals surface area contributed by atoms with E-state index in [-0.39, 0.29) is 32.0 Å². The SMILES string of the molecule is O=C1O[C@H](CO)CN1c1noc2cc(OCCCC(F)(F)F)ccc12.